The van der Waals surface area contributed by atoms with Crippen LogP contribution in [0.3, 0.4) is 0 Å². The number of carbonyl (C=O) groups is 3. The summed E-state index contributed by atoms with van der Waals surface area (Å²) < 4.78 is 14.7. The van der Waals surface area contributed by atoms with Gasteiger partial charge in [0, 0.05) is 5.38 Å². The summed E-state index contributed by atoms with van der Waals surface area (Å²) in [6.07, 6.45) is 0.474. The fraction of sp³-hybridized carbons (Fsp3) is 0.500. The maximum absolute atomic E-state index is 12.1. The van der Waals surface area contributed by atoms with Gasteiger partial charge in [-0.1, -0.05) is 25.4 Å². The second-order valence-electron chi connectivity index (χ2n) is 6.35. The van der Waals surface area contributed by atoms with Crippen LogP contribution in [0.5, 0.6) is 0 Å². The Labute approximate surface area is 168 Å². The molecule has 1 aromatic rings. The third-order valence-electron chi connectivity index (χ3n) is 3.14. The first-order valence-electron chi connectivity index (χ1n) is 7.99. The molecule has 0 spiro atoms. The van der Waals surface area contributed by atoms with E-state index in [4.69, 9.17) is 28.8 Å². The van der Waals surface area contributed by atoms with Crippen molar-refractivity contribution >= 4 is 56.1 Å². The monoisotopic (exact) mass is 438 g/mol. The zero-order valence-electron chi connectivity index (χ0n) is 15.6. The van der Waals surface area contributed by atoms with Crippen molar-refractivity contribution in [3.63, 3.8) is 0 Å². The quantitative estimate of drug-likeness (QED) is 0.436. The maximum atomic E-state index is 12.1. The van der Waals surface area contributed by atoms with Gasteiger partial charge < -0.3 is 17.2 Å². The molecule has 0 saturated carbocycles. The van der Waals surface area contributed by atoms with Gasteiger partial charge in [0.05, 0.1) is 33.2 Å². The van der Waals surface area contributed by atoms with Crippen molar-refractivity contribution in [3.8, 4) is 0 Å². The predicted molar refractivity (Wildman–Crippen MR) is 111 cm³/mol. The van der Waals surface area contributed by atoms with Crippen LogP contribution in [0.25, 0.3) is 0 Å². The number of nitrogens with one attached hydrogen (secondary N) is 1. The number of hydrogen-bond donors (Lipinski definition) is 4. The molecule has 1 heterocycles. The molecule has 1 aromatic heterocycles. The minimum atomic E-state index is -3.02. The van der Waals surface area contributed by atoms with E-state index < -0.39 is 27.6 Å². The Morgan fingerprint density at radius 2 is 1.85 bits per heavy atom. The minimum absolute atomic E-state index is 0.0868. The Morgan fingerprint density at radius 3 is 2.19 bits per heavy atom. The molecule has 1 rings (SSSR count). The van der Waals surface area contributed by atoms with E-state index in [-0.39, 0.29) is 18.2 Å². The molecule has 0 aromatic carbocycles. The van der Waals surface area contributed by atoms with E-state index in [9.17, 15) is 18.6 Å². The Balaban J connectivity index is 0.000000636. The molecule has 2 amide bonds. The Morgan fingerprint density at radius 1 is 1.30 bits per heavy atom. The molecule has 27 heavy (non-hydrogen) atoms. The molecule has 8 nitrogen and oxygen atoms in total. The number of ketones is 1. The molecule has 0 bridgehead atoms. The van der Waals surface area contributed by atoms with E-state index in [1.807, 2.05) is 0 Å². The van der Waals surface area contributed by atoms with Gasteiger partial charge in [-0.25, -0.2) is 4.21 Å². The number of halogens is 1. The van der Waals surface area contributed by atoms with Crippen LogP contribution in [-0.2, 0) is 24.1 Å². The Kier molecular flexibility index (Phi) is 10.8. The lowest BCUT2D eigenvalue weighted by Crippen LogP contribution is -2.45. The Bertz CT molecular complexity index is 762. The van der Waals surface area contributed by atoms with Gasteiger partial charge in [0.25, 0.3) is 0 Å². The number of amides is 2. The average Bonchev–Trinajstić information content (AvgIpc) is 2.93. The summed E-state index contributed by atoms with van der Waals surface area (Å²) in [5.74, 6) is 2.57. The van der Waals surface area contributed by atoms with Crippen LogP contribution in [0, 0.1) is 5.92 Å². The summed E-state index contributed by atoms with van der Waals surface area (Å²) in [5.41, 5.74) is 15.8. The van der Waals surface area contributed by atoms with E-state index in [0.29, 0.717) is 15.1 Å². The highest BCUT2D eigenvalue weighted by molar-refractivity contribution is 8.00. The molecule has 7 N–H and O–H groups in total. The van der Waals surface area contributed by atoms with Crippen molar-refractivity contribution in [2.75, 3.05) is 0 Å². The SMILES string of the molecule is C=S(=O)(NC(=O)[C@@H](N)CC(N)=O)c1cc(Cl)cs1.CC(=O)C(N)CC(C)C. The van der Waals surface area contributed by atoms with Crippen molar-refractivity contribution in [2.24, 2.45) is 23.1 Å². The number of primary amides is 1. The number of carbonyl (C=O) groups excluding carboxylic acids is 3. The number of hydrogen-bond acceptors (Lipinski definition) is 7. The van der Waals surface area contributed by atoms with Crippen molar-refractivity contribution in [3.05, 3.63) is 16.5 Å². The third kappa shape index (κ3) is 10.5. The molecule has 154 valence electrons. The number of thiophene rings is 1. The molecule has 0 aliphatic heterocycles. The second kappa shape index (κ2) is 11.4. The zero-order valence-corrected chi connectivity index (χ0v) is 18.0. The van der Waals surface area contributed by atoms with Crippen molar-refractivity contribution in [2.45, 2.75) is 49.9 Å². The number of nitrogens with two attached hydrogens (primary N) is 3. The largest absolute Gasteiger partial charge is 0.370 e. The van der Waals surface area contributed by atoms with Crippen molar-refractivity contribution in [1.29, 1.82) is 0 Å². The van der Waals surface area contributed by atoms with Gasteiger partial charge in [-0.15, -0.1) is 11.3 Å². The van der Waals surface area contributed by atoms with Crippen LogP contribution < -0.4 is 21.9 Å². The van der Waals surface area contributed by atoms with Crippen LogP contribution >= 0.6 is 22.9 Å². The first kappa shape index (κ1) is 25.5. The summed E-state index contributed by atoms with van der Waals surface area (Å²) in [4.78, 5) is 32.8. The second-order valence-corrected chi connectivity index (χ2v) is 9.95. The van der Waals surface area contributed by atoms with Crippen LogP contribution in [0.4, 0.5) is 0 Å². The zero-order chi connectivity index (χ0) is 21.4. The van der Waals surface area contributed by atoms with Gasteiger partial charge in [0.1, 0.15) is 9.99 Å². The highest BCUT2D eigenvalue weighted by Crippen LogP contribution is 2.23. The molecular weight excluding hydrogens is 412 g/mol. The van der Waals surface area contributed by atoms with E-state index >= 15 is 0 Å². The topological polar surface area (TPSA) is 158 Å². The third-order valence-corrected chi connectivity index (χ3v) is 6.60. The lowest BCUT2D eigenvalue weighted by Gasteiger charge is -2.13. The molecule has 2 unspecified atom stereocenters. The molecule has 0 radical (unpaired) electrons. The van der Waals surface area contributed by atoms with E-state index in [2.05, 4.69) is 24.4 Å². The molecular formula is C16H27ClN4O4S2. The fourth-order valence-electron chi connectivity index (χ4n) is 1.74. The smallest absolute Gasteiger partial charge is 0.248 e. The van der Waals surface area contributed by atoms with Crippen LogP contribution in [0.15, 0.2) is 15.7 Å². The highest BCUT2D eigenvalue weighted by Gasteiger charge is 2.20. The number of Topliss-reactive ketones (excluding diaryl/α,β-unsaturated/α-hetero) is 1. The van der Waals surface area contributed by atoms with Gasteiger partial charge in [0.2, 0.25) is 11.8 Å². The molecule has 0 fully saturated rings. The van der Waals surface area contributed by atoms with Crippen LogP contribution in [0.1, 0.15) is 33.6 Å². The summed E-state index contributed by atoms with van der Waals surface area (Å²) in [7, 11) is -3.02. The normalized spacial score (nSPS) is 15.1. The standard InChI is InChI=1S/C9H12ClN3O3S2.C7H15NO/c1-18(16,8-2-5(10)4-17-8)13-9(15)6(11)3-7(12)14;1-5(2)4-7(8)6(3)9/h2,4,6H,1,3,11H2,(H2,12,14)(H,13,15,16);5,7H,4,8H2,1-3H3/t6-,18?;/m0./s1. The molecule has 0 aliphatic rings. The molecule has 11 heteroatoms. The summed E-state index contributed by atoms with van der Waals surface area (Å²) in [6, 6.07) is 0.0482. The van der Waals surface area contributed by atoms with Crippen LogP contribution in [-0.4, -0.2) is 39.8 Å². The fourth-order valence-corrected chi connectivity index (χ4v) is 4.39. The number of rotatable bonds is 8. The van der Waals surface area contributed by atoms with E-state index in [1.165, 1.54) is 13.0 Å². The summed E-state index contributed by atoms with van der Waals surface area (Å²) in [5, 5.41) is 1.97. The minimum Gasteiger partial charge on any atom is -0.370 e. The van der Waals surface area contributed by atoms with Crippen molar-refractivity contribution < 1.29 is 18.6 Å². The molecule has 0 aliphatic carbocycles. The lowest BCUT2D eigenvalue weighted by atomic mass is 10.0. The van der Waals surface area contributed by atoms with Gasteiger partial charge in [0.15, 0.2) is 0 Å². The van der Waals surface area contributed by atoms with E-state index in [0.717, 1.165) is 17.8 Å². The van der Waals surface area contributed by atoms with Crippen molar-refractivity contribution in [1.82, 2.24) is 4.72 Å². The summed E-state index contributed by atoms with van der Waals surface area (Å²) in [6.45, 7) is 5.65. The van der Waals surface area contributed by atoms with Gasteiger partial charge >= 0.3 is 0 Å². The summed E-state index contributed by atoms with van der Waals surface area (Å²) >= 11 is 6.80. The molecule has 0 saturated heterocycles. The first-order chi connectivity index (χ1) is 12.3. The van der Waals surface area contributed by atoms with Crippen LogP contribution in [0.2, 0.25) is 5.02 Å². The Hall–Kier alpha value is -1.46. The van der Waals surface area contributed by atoms with Gasteiger partial charge in [-0.3, -0.25) is 19.1 Å². The lowest BCUT2D eigenvalue weighted by molar-refractivity contribution is -0.125. The maximum Gasteiger partial charge on any atom is 0.248 e. The van der Waals surface area contributed by atoms with E-state index in [1.54, 1.807) is 5.38 Å². The van der Waals surface area contributed by atoms with Gasteiger partial charge in [-0.2, -0.15) is 0 Å². The predicted octanol–water partition coefficient (Wildman–Crippen LogP) is 0.660. The highest BCUT2D eigenvalue weighted by atomic mass is 35.5. The average molecular weight is 439 g/mol. The van der Waals surface area contributed by atoms with Gasteiger partial charge in [-0.05, 0) is 31.2 Å². The molecule has 3 atom stereocenters. The first-order valence-corrected chi connectivity index (χ1v) is 11.0.